The van der Waals surface area contributed by atoms with E-state index in [1.807, 2.05) is 0 Å². The Morgan fingerprint density at radius 3 is 1.32 bits per heavy atom. The molecule has 2 aromatic heterocycles. The van der Waals surface area contributed by atoms with Crippen LogP contribution in [0.3, 0.4) is 0 Å². The average molecular weight is 693 g/mol. The first-order valence-corrected chi connectivity index (χ1v) is 18.9. The third-order valence-electron chi connectivity index (χ3n) is 7.80. The van der Waals surface area contributed by atoms with Crippen LogP contribution < -0.4 is 31.4 Å². The Hall–Kier alpha value is -1.58. The fourth-order valence-electron chi connectivity index (χ4n) is 5.81. The van der Waals surface area contributed by atoms with Crippen LogP contribution in [0.15, 0.2) is 97.1 Å². The zero-order chi connectivity index (χ0) is 26.6. The third kappa shape index (κ3) is 6.82. The molecule has 0 saturated heterocycles. The van der Waals surface area contributed by atoms with Gasteiger partial charge in [-0.25, -0.2) is 0 Å². The van der Waals surface area contributed by atoms with Crippen LogP contribution in [0.4, 0.5) is 0 Å². The Morgan fingerprint density at radius 2 is 0.927 bits per heavy atom. The summed E-state index contributed by atoms with van der Waals surface area (Å²) in [5.74, 6) is 0. The van der Waals surface area contributed by atoms with E-state index in [9.17, 15) is 0 Å². The average Bonchev–Trinajstić information content (AvgIpc) is 3.55. The molecule has 4 aromatic carbocycles. The van der Waals surface area contributed by atoms with Crippen molar-refractivity contribution in [2.75, 3.05) is 0 Å². The number of halogens is 2. The maximum absolute atomic E-state index is 2.43. The molecule has 0 nitrogen and oxygen atoms in total. The van der Waals surface area contributed by atoms with E-state index >= 15 is 0 Å². The van der Waals surface area contributed by atoms with Gasteiger partial charge >= 0.3 is 249 Å². The van der Waals surface area contributed by atoms with Gasteiger partial charge in [-0.15, -0.1) is 0 Å². The van der Waals surface area contributed by atoms with E-state index in [4.69, 9.17) is 0 Å². The summed E-state index contributed by atoms with van der Waals surface area (Å²) in [5, 5.41) is 9.70. The normalized spacial score (nSPS) is 11.2. The molecule has 6 rings (SSSR count). The van der Waals surface area contributed by atoms with Gasteiger partial charge in [-0.1, -0.05) is 0 Å². The molecule has 0 aliphatic carbocycles. The van der Waals surface area contributed by atoms with Gasteiger partial charge < -0.3 is 24.8 Å². The topological polar surface area (TPSA) is 0 Å². The minimum Gasteiger partial charge on any atom is -1.00 e. The van der Waals surface area contributed by atoms with Crippen molar-refractivity contribution in [3.05, 3.63) is 108 Å². The van der Waals surface area contributed by atoms with Crippen LogP contribution in [-0.2, 0) is 36.1 Å². The van der Waals surface area contributed by atoms with Crippen LogP contribution in [0.5, 0.6) is 0 Å². The van der Waals surface area contributed by atoms with E-state index in [1.165, 1.54) is 49.7 Å². The zero-order valence-electron chi connectivity index (χ0n) is 23.7. The van der Waals surface area contributed by atoms with Gasteiger partial charge in [0, 0.05) is 0 Å². The molecule has 0 bridgehead atoms. The molecule has 0 aliphatic rings. The molecule has 2 atom stereocenters. The third-order valence-corrected chi connectivity index (χ3v) is 15.7. The number of hydrogen-bond donors (Lipinski definition) is 0. The van der Waals surface area contributed by atoms with Crippen molar-refractivity contribution >= 4 is 43.9 Å². The van der Waals surface area contributed by atoms with Crippen molar-refractivity contribution in [3.63, 3.8) is 0 Å². The Labute approximate surface area is 272 Å². The summed E-state index contributed by atoms with van der Waals surface area (Å²) in [5.41, 5.74) is 6.05. The van der Waals surface area contributed by atoms with E-state index in [-0.39, 0.29) is 24.8 Å². The minimum atomic E-state index is -1.15. The summed E-state index contributed by atoms with van der Waals surface area (Å²) in [6.07, 6.45) is 7.41. The van der Waals surface area contributed by atoms with Crippen molar-refractivity contribution in [2.24, 2.45) is 0 Å². The number of aryl methyl sites for hydroxylation is 2. The molecule has 0 N–H and O–H groups in total. The second-order valence-corrected chi connectivity index (χ2v) is 16.1. The fraction of sp³-hybridized carbons (Fsp3) is 0.222. The summed E-state index contributed by atoms with van der Waals surface area (Å²) in [7, 11) is 1.53. The number of benzene rings is 4. The first-order chi connectivity index (χ1) is 19.3. The summed E-state index contributed by atoms with van der Waals surface area (Å²) < 4.78 is 3.49. The molecule has 0 radical (unpaired) electrons. The zero-order valence-corrected chi connectivity index (χ0v) is 29.7. The number of unbranched alkanes of at least 4 members (excludes halogenated alkanes) is 2. The van der Waals surface area contributed by atoms with E-state index in [2.05, 4.69) is 111 Å². The van der Waals surface area contributed by atoms with E-state index < -0.39 is 23.2 Å². The standard InChI is InChI=1S/2C18H18P.2ClH.Zr/c2*1-2-3-8-14-11-7-12-17-16(14)13-18(19-17)15-9-5-4-6-10-15;;;/h2*4-7,9-12,19H,2-3,8H2,1H3;2*1H;/q;;;;+2/p-2. The Balaban J connectivity index is 0.00000194. The number of fused-ring (bicyclic) bond motifs is 2. The summed E-state index contributed by atoms with van der Waals surface area (Å²) in [6, 6.07) is 36.9. The first kappa shape index (κ1) is 32.3. The quantitative estimate of drug-likeness (QED) is 0.203. The number of rotatable bonds is 10. The molecule has 208 valence electrons. The van der Waals surface area contributed by atoms with Crippen molar-refractivity contribution in [2.45, 2.75) is 52.4 Å². The Kier molecular flexibility index (Phi) is 12.0. The summed E-state index contributed by atoms with van der Waals surface area (Å²) in [4.78, 5) is 0. The molecule has 5 heteroatoms. The second-order valence-electron chi connectivity index (χ2n) is 10.5. The van der Waals surface area contributed by atoms with Crippen LogP contribution in [0.25, 0.3) is 42.7 Å². The second kappa shape index (κ2) is 15.2. The predicted molar refractivity (Wildman–Crippen MR) is 174 cm³/mol. The molecule has 0 aliphatic heterocycles. The van der Waals surface area contributed by atoms with Gasteiger partial charge in [-0.05, 0) is 0 Å². The molecule has 2 unspecified atom stereocenters. The van der Waals surface area contributed by atoms with Crippen molar-refractivity contribution in [3.8, 4) is 21.7 Å². The van der Waals surface area contributed by atoms with E-state index in [1.54, 1.807) is 49.3 Å². The maximum Gasteiger partial charge on any atom is -1.00 e. The molecular weight excluding hydrogens is 656 g/mol. The molecule has 0 spiro atoms. The molecule has 41 heavy (non-hydrogen) atoms. The number of hydrogen-bond acceptors (Lipinski definition) is 0. The first-order valence-electron chi connectivity index (χ1n) is 14.4. The van der Waals surface area contributed by atoms with Crippen LogP contribution in [0.2, 0.25) is 0 Å². The Bertz CT molecular complexity index is 1580. The Morgan fingerprint density at radius 1 is 0.512 bits per heavy atom. The molecule has 0 fully saturated rings. The fourth-order valence-corrected chi connectivity index (χ4v) is 14.9. The summed E-state index contributed by atoms with van der Waals surface area (Å²) in [6.45, 7) is 4.64. The van der Waals surface area contributed by atoms with Crippen LogP contribution >= 0.6 is 16.4 Å². The SMILES string of the molecule is CCCCc1cccc2[pH]c(-c3ccccc3)[c]([Zr+2][c]3c(-c4ccccc4)[pH]c4cccc(CCCC)c34)c12.[Cl-].[Cl-]. The van der Waals surface area contributed by atoms with Gasteiger partial charge in [0.15, 0.2) is 0 Å². The van der Waals surface area contributed by atoms with Crippen LogP contribution in [-0.4, -0.2) is 0 Å². The van der Waals surface area contributed by atoms with Gasteiger partial charge in [0.25, 0.3) is 0 Å². The van der Waals surface area contributed by atoms with Crippen molar-refractivity contribution in [1.29, 1.82) is 0 Å². The van der Waals surface area contributed by atoms with Gasteiger partial charge in [0.1, 0.15) is 0 Å². The molecule has 6 aromatic rings. The van der Waals surface area contributed by atoms with Gasteiger partial charge in [-0.2, -0.15) is 0 Å². The monoisotopic (exact) mass is 690 g/mol. The van der Waals surface area contributed by atoms with Gasteiger partial charge in [-0.3, -0.25) is 0 Å². The van der Waals surface area contributed by atoms with E-state index in [0.29, 0.717) is 0 Å². The maximum atomic E-state index is 2.43. The minimum absolute atomic E-state index is 0. The van der Waals surface area contributed by atoms with Crippen molar-refractivity contribution in [1.82, 2.24) is 0 Å². The van der Waals surface area contributed by atoms with Gasteiger partial charge in [0.2, 0.25) is 0 Å². The molecule has 0 saturated carbocycles. The van der Waals surface area contributed by atoms with Crippen molar-refractivity contribution < 1.29 is 48.0 Å². The molecule has 2 heterocycles. The smallest absolute Gasteiger partial charge is 1.00 e. The molecular formula is C36H36Cl2P2Zr. The van der Waals surface area contributed by atoms with E-state index in [0.717, 1.165) is 16.4 Å². The largest absolute Gasteiger partial charge is 1.00 e. The van der Waals surface area contributed by atoms with Crippen LogP contribution in [0.1, 0.15) is 50.7 Å². The predicted octanol–water partition coefficient (Wildman–Crippen LogP) is 4.12. The molecule has 0 amide bonds. The van der Waals surface area contributed by atoms with Crippen LogP contribution in [0, 0.1) is 0 Å². The van der Waals surface area contributed by atoms with Gasteiger partial charge in [0.05, 0.1) is 0 Å². The summed E-state index contributed by atoms with van der Waals surface area (Å²) >= 11 is -1.15.